The number of methoxy groups -OCH3 is 2. The second-order valence-electron chi connectivity index (χ2n) is 10.1. The second kappa shape index (κ2) is 10.4. The molecule has 1 unspecified atom stereocenters. The molecular weight excluding hydrogens is 573 g/mol. The minimum atomic E-state index is -1.08. The van der Waals surface area contributed by atoms with E-state index in [0.29, 0.717) is 16.3 Å². The maximum absolute atomic E-state index is 13.6. The molecule has 2 aromatic carbocycles. The van der Waals surface area contributed by atoms with E-state index in [9.17, 15) is 14.7 Å². The molecule has 8 nitrogen and oxygen atoms in total. The standard InChI is InChI=1S/C29H25Cl2N3O5S/c1-29(2,3)14-9-10-17-19(12-14)40-28(33-17)34-22(18-8-6-7-11-32-18)20(24(36)27(34)37)23(35)15-13-16(30)26(39-5)21(31)25(15)38-4/h6-13,22,35H,1-5H3/b23-20+. The van der Waals surface area contributed by atoms with Crippen molar-refractivity contribution in [2.24, 2.45) is 0 Å². The van der Waals surface area contributed by atoms with Crippen molar-refractivity contribution in [3.05, 3.63) is 81.1 Å². The van der Waals surface area contributed by atoms with E-state index in [0.717, 1.165) is 10.3 Å². The first kappa shape index (κ1) is 27.9. The maximum atomic E-state index is 13.6. The molecule has 0 spiro atoms. The van der Waals surface area contributed by atoms with Crippen LogP contribution in [0.3, 0.4) is 0 Å². The van der Waals surface area contributed by atoms with E-state index < -0.39 is 23.5 Å². The van der Waals surface area contributed by atoms with Crippen LogP contribution in [-0.4, -0.2) is 41.0 Å². The van der Waals surface area contributed by atoms with Crippen LogP contribution in [0.25, 0.3) is 16.0 Å². The highest BCUT2D eigenvalue weighted by Gasteiger charge is 2.49. The maximum Gasteiger partial charge on any atom is 0.301 e. The summed E-state index contributed by atoms with van der Waals surface area (Å²) in [5, 5.41) is 12.0. The fourth-order valence-corrected chi connectivity index (χ4v) is 6.34. The third-order valence-corrected chi connectivity index (χ3v) is 8.30. The number of ether oxygens (including phenoxy) is 2. The quantitative estimate of drug-likeness (QED) is 0.151. The molecule has 1 aliphatic rings. The summed E-state index contributed by atoms with van der Waals surface area (Å²) in [5.74, 6) is -2.11. The normalized spacial score (nSPS) is 17.1. The van der Waals surface area contributed by atoms with Gasteiger partial charge in [-0.15, -0.1) is 0 Å². The Balaban J connectivity index is 1.74. The Bertz CT molecular complexity index is 1700. The molecule has 2 aromatic heterocycles. The molecule has 4 aromatic rings. The summed E-state index contributed by atoms with van der Waals surface area (Å²) in [6.45, 7) is 6.34. The highest BCUT2D eigenvalue weighted by Crippen LogP contribution is 2.48. The van der Waals surface area contributed by atoms with Gasteiger partial charge in [0, 0.05) is 6.20 Å². The Hall–Kier alpha value is -3.66. The summed E-state index contributed by atoms with van der Waals surface area (Å²) in [4.78, 5) is 37.6. The van der Waals surface area contributed by atoms with Crippen molar-refractivity contribution >= 4 is 67.3 Å². The number of amides is 1. The first-order valence-electron chi connectivity index (χ1n) is 12.2. The number of aliphatic hydroxyl groups excluding tert-OH is 1. The largest absolute Gasteiger partial charge is 0.507 e. The van der Waals surface area contributed by atoms with Gasteiger partial charge >= 0.3 is 5.91 Å². The zero-order valence-corrected chi connectivity index (χ0v) is 24.6. The Morgan fingerprint density at radius 3 is 2.40 bits per heavy atom. The number of ketones is 1. The molecule has 0 aliphatic carbocycles. The molecule has 11 heteroatoms. The zero-order chi connectivity index (χ0) is 28.9. The molecule has 206 valence electrons. The van der Waals surface area contributed by atoms with E-state index in [-0.39, 0.29) is 38.1 Å². The first-order chi connectivity index (χ1) is 19.0. The lowest BCUT2D eigenvalue weighted by molar-refractivity contribution is -0.132. The van der Waals surface area contributed by atoms with Crippen LogP contribution in [0.1, 0.15) is 43.6 Å². The Labute approximate surface area is 244 Å². The highest BCUT2D eigenvalue weighted by atomic mass is 35.5. The summed E-state index contributed by atoms with van der Waals surface area (Å²) in [6.07, 6.45) is 1.55. The van der Waals surface area contributed by atoms with Crippen LogP contribution in [0.4, 0.5) is 5.13 Å². The van der Waals surface area contributed by atoms with Crippen molar-refractivity contribution in [3.63, 3.8) is 0 Å². The molecule has 0 bridgehead atoms. The second-order valence-corrected chi connectivity index (χ2v) is 11.9. The molecule has 0 radical (unpaired) electrons. The Kier molecular flexibility index (Phi) is 7.24. The highest BCUT2D eigenvalue weighted by molar-refractivity contribution is 7.22. The van der Waals surface area contributed by atoms with Crippen molar-refractivity contribution in [1.82, 2.24) is 9.97 Å². The van der Waals surface area contributed by atoms with Gasteiger partial charge in [-0.05, 0) is 41.3 Å². The average Bonchev–Trinajstić information content (AvgIpc) is 3.46. The van der Waals surface area contributed by atoms with Gasteiger partial charge < -0.3 is 14.6 Å². The predicted octanol–water partition coefficient (Wildman–Crippen LogP) is 6.94. The summed E-state index contributed by atoms with van der Waals surface area (Å²) >= 11 is 14.1. The number of nitrogens with zero attached hydrogens (tertiary/aromatic N) is 3. The van der Waals surface area contributed by atoms with E-state index in [1.54, 1.807) is 24.4 Å². The summed E-state index contributed by atoms with van der Waals surface area (Å²) in [5.41, 5.74) is 1.90. The fourth-order valence-electron chi connectivity index (χ4n) is 4.62. The number of carbonyl (C=O) groups is 2. The molecule has 1 saturated heterocycles. The van der Waals surface area contributed by atoms with Crippen LogP contribution in [0.15, 0.2) is 54.2 Å². The predicted molar refractivity (Wildman–Crippen MR) is 157 cm³/mol. The number of Topliss-reactive ketones (excluding diaryl/α,β-unsaturated/α-hetero) is 1. The van der Waals surface area contributed by atoms with Crippen molar-refractivity contribution in [1.29, 1.82) is 0 Å². The van der Waals surface area contributed by atoms with Gasteiger partial charge in [-0.3, -0.25) is 19.5 Å². The molecule has 1 fully saturated rings. The number of halogens is 2. The number of aliphatic hydroxyl groups is 1. The van der Waals surface area contributed by atoms with Crippen molar-refractivity contribution < 1.29 is 24.2 Å². The van der Waals surface area contributed by atoms with Crippen molar-refractivity contribution in [2.75, 3.05) is 19.1 Å². The third kappa shape index (κ3) is 4.58. The topological polar surface area (TPSA) is 102 Å². The Morgan fingerprint density at radius 2 is 1.77 bits per heavy atom. The number of benzene rings is 2. The number of hydrogen-bond donors (Lipinski definition) is 1. The first-order valence-corrected chi connectivity index (χ1v) is 13.8. The number of carbonyl (C=O) groups excluding carboxylic acids is 2. The van der Waals surface area contributed by atoms with E-state index in [4.69, 9.17) is 32.7 Å². The van der Waals surface area contributed by atoms with Crippen LogP contribution in [-0.2, 0) is 15.0 Å². The van der Waals surface area contributed by atoms with Gasteiger partial charge in [0.15, 0.2) is 16.6 Å². The van der Waals surface area contributed by atoms with E-state index in [1.165, 1.54) is 36.5 Å². The van der Waals surface area contributed by atoms with Gasteiger partial charge in [0.25, 0.3) is 5.78 Å². The molecule has 0 saturated carbocycles. The average molecular weight is 599 g/mol. The zero-order valence-electron chi connectivity index (χ0n) is 22.3. The van der Waals surface area contributed by atoms with Crippen molar-refractivity contribution in [3.8, 4) is 11.5 Å². The summed E-state index contributed by atoms with van der Waals surface area (Å²) < 4.78 is 11.6. The van der Waals surface area contributed by atoms with Crippen molar-refractivity contribution in [2.45, 2.75) is 32.2 Å². The lowest BCUT2D eigenvalue weighted by Gasteiger charge is -2.22. The number of fused-ring (bicyclic) bond motifs is 1. The molecule has 5 rings (SSSR count). The smallest absolute Gasteiger partial charge is 0.301 e. The number of thiazole rings is 1. The molecule has 3 heterocycles. The molecule has 40 heavy (non-hydrogen) atoms. The lowest BCUT2D eigenvalue weighted by Crippen LogP contribution is -2.29. The molecule has 1 N–H and O–H groups in total. The Morgan fingerprint density at radius 1 is 1.05 bits per heavy atom. The van der Waals surface area contributed by atoms with Gasteiger partial charge in [0.05, 0.1) is 46.3 Å². The number of pyridine rings is 1. The van der Waals surface area contributed by atoms with Gasteiger partial charge in [0.1, 0.15) is 16.8 Å². The summed E-state index contributed by atoms with van der Waals surface area (Å²) in [7, 11) is 2.74. The van der Waals surface area contributed by atoms with Crippen LogP contribution in [0.2, 0.25) is 10.0 Å². The number of anilines is 1. The molecule has 1 aliphatic heterocycles. The molecule has 1 amide bonds. The van der Waals surface area contributed by atoms with Crippen LogP contribution in [0, 0.1) is 0 Å². The van der Waals surface area contributed by atoms with Crippen LogP contribution in [0.5, 0.6) is 11.5 Å². The van der Waals surface area contributed by atoms with Gasteiger partial charge in [-0.1, -0.05) is 67.4 Å². The van der Waals surface area contributed by atoms with E-state index >= 15 is 0 Å². The summed E-state index contributed by atoms with van der Waals surface area (Å²) in [6, 6.07) is 11.4. The number of rotatable bonds is 5. The van der Waals surface area contributed by atoms with Gasteiger partial charge in [-0.25, -0.2) is 4.98 Å². The molecular formula is C29H25Cl2N3O5S. The van der Waals surface area contributed by atoms with E-state index in [1.807, 2.05) is 18.2 Å². The monoisotopic (exact) mass is 597 g/mol. The van der Waals surface area contributed by atoms with Gasteiger partial charge in [-0.2, -0.15) is 0 Å². The minimum Gasteiger partial charge on any atom is -0.507 e. The fraction of sp³-hybridized carbons (Fsp3) is 0.241. The molecule has 1 atom stereocenters. The van der Waals surface area contributed by atoms with Crippen LogP contribution >= 0.6 is 34.5 Å². The SMILES string of the molecule is COc1c(Cl)cc(/C(O)=C2\C(=O)C(=O)N(c3nc4ccc(C(C)(C)C)cc4s3)C2c2ccccn2)c(OC)c1Cl. The van der Waals surface area contributed by atoms with E-state index in [2.05, 4.69) is 30.7 Å². The number of hydrogen-bond acceptors (Lipinski definition) is 8. The minimum absolute atomic E-state index is 0.00323. The van der Waals surface area contributed by atoms with Gasteiger partial charge in [0.2, 0.25) is 0 Å². The third-order valence-electron chi connectivity index (χ3n) is 6.66. The van der Waals surface area contributed by atoms with Crippen LogP contribution < -0.4 is 14.4 Å². The number of aromatic nitrogens is 2. The lowest BCUT2D eigenvalue weighted by atomic mass is 9.87.